The van der Waals surface area contributed by atoms with E-state index in [2.05, 4.69) is 31.3 Å². The molecule has 3 fully saturated rings. The molecule has 3 aliphatic rings. The van der Waals surface area contributed by atoms with Crippen LogP contribution in [0, 0.1) is 23.7 Å². The lowest BCUT2D eigenvalue weighted by Crippen LogP contribution is -2.33. The molecule has 32 heavy (non-hydrogen) atoms. The standard InChI is InChI=1S/C29H45NO2/c1-3-20-30-27-16-12-24(13-17-27)25-14-18-28(19-15-25)32-29(31)26-10-8-23(9-11-26)22-6-4-21(2)5-7-22/h14-15,18-19,21-24,26-27,30H,3-13,16-17,20H2,1-2H3. The fraction of sp³-hybridized carbons (Fsp3) is 0.759. The van der Waals surface area contributed by atoms with Crippen molar-refractivity contribution in [1.82, 2.24) is 5.32 Å². The molecular weight excluding hydrogens is 394 g/mol. The first-order valence-corrected chi connectivity index (χ1v) is 13.7. The smallest absolute Gasteiger partial charge is 0.314 e. The van der Waals surface area contributed by atoms with Crippen molar-refractivity contribution >= 4 is 5.97 Å². The van der Waals surface area contributed by atoms with Crippen molar-refractivity contribution in [1.29, 1.82) is 0 Å². The fourth-order valence-electron chi connectivity index (χ4n) is 6.57. The second kappa shape index (κ2) is 11.7. The minimum atomic E-state index is -0.00373. The zero-order valence-corrected chi connectivity index (χ0v) is 20.5. The Labute approximate surface area is 196 Å². The van der Waals surface area contributed by atoms with Gasteiger partial charge in [-0.15, -0.1) is 0 Å². The average molecular weight is 440 g/mol. The Hall–Kier alpha value is -1.35. The normalized spacial score (nSPS) is 33.6. The van der Waals surface area contributed by atoms with Gasteiger partial charge in [-0.1, -0.05) is 38.8 Å². The number of hydrogen-bond acceptors (Lipinski definition) is 3. The highest BCUT2D eigenvalue weighted by molar-refractivity contribution is 5.75. The summed E-state index contributed by atoms with van der Waals surface area (Å²) in [5, 5.41) is 3.67. The maximum absolute atomic E-state index is 12.8. The van der Waals surface area contributed by atoms with E-state index in [0.29, 0.717) is 12.0 Å². The third-order valence-electron chi connectivity index (χ3n) is 8.81. The summed E-state index contributed by atoms with van der Waals surface area (Å²) in [5.74, 6) is 4.14. The lowest BCUT2D eigenvalue weighted by atomic mass is 9.69. The van der Waals surface area contributed by atoms with E-state index in [1.165, 1.54) is 76.2 Å². The van der Waals surface area contributed by atoms with Crippen LogP contribution in [0.4, 0.5) is 0 Å². The molecule has 0 aromatic heterocycles. The summed E-state index contributed by atoms with van der Waals surface area (Å²) in [6.45, 7) is 5.76. The van der Waals surface area contributed by atoms with Crippen LogP contribution in [0.25, 0.3) is 0 Å². The molecule has 3 nitrogen and oxygen atoms in total. The van der Waals surface area contributed by atoms with Crippen LogP contribution in [0.3, 0.4) is 0 Å². The van der Waals surface area contributed by atoms with Gasteiger partial charge in [-0.2, -0.15) is 0 Å². The van der Waals surface area contributed by atoms with E-state index in [9.17, 15) is 4.79 Å². The van der Waals surface area contributed by atoms with Gasteiger partial charge in [-0.3, -0.25) is 4.79 Å². The molecule has 0 saturated heterocycles. The van der Waals surface area contributed by atoms with Crippen molar-refractivity contribution in [3.05, 3.63) is 29.8 Å². The minimum Gasteiger partial charge on any atom is -0.426 e. The second-order valence-electron chi connectivity index (χ2n) is 11.1. The number of carbonyl (C=O) groups is 1. The number of ether oxygens (including phenoxy) is 1. The van der Waals surface area contributed by atoms with Crippen molar-refractivity contribution < 1.29 is 9.53 Å². The molecule has 1 aromatic rings. The molecule has 0 aliphatic heterocycles. The maximum Gasteiger partial charge on any atom is 0.314 e. The molecule has 0 amide bonds. The van der Waals surface area contributed by atoms with Gasteiger partial charge in [0.25, 0.3) is 0 Å². The van der Waals surface area contributed by atoms with Gasteiger partial charge in [0.2, 0.25) is 0 Å². The number of nitrogens with one attached hydrogen (secondary N) is 1. The first-order valence-electron chi connectivity index (χ1n) is 13.7. The van der Waals surface area contributed by atoms with Crippen molar-refractivity contribution in [2.45, 2.75) is 109 Å². The third-order valence-corrected chi connectivity index (χ3v) is 8.81. The van der Waals surface area contributed by atoms with Crippen LogP contribution in [-0.2, 0) is 4.79 Å². The minimum absolute atomic E-state index is 0.00373. The molecule has 0 unspecified atom stereocenters. The number of benzene rings is 1. The molecule has 3 saturated carbocycles. The van der Waals surface area contributed by atoms with Crippen molar-refractivity contribution in [2.75, 3.05) is 6.54 Å². The predicted octanol–water partition coefficient (Wildman–Crippen LogP) is 7.25. The summed E-state index contributed by atoms with van der Waals surface area (Å²) in [7, 11) is 0. The van der Waals surface area contributed by atoms with Crippen LogP contribution in [0.1, 0.15) is 109 Å². The lowest BCUT2D eigenvalue weighted by molar-refractivity contribution is -0.140. The summed E-state index contributed by atoms with van der Waals surface area (Å²) in [5.41, 5.74) is 1.40. The largest absolute Gasteiger partial charge is 0.426 e. The monoisotopic (exact) mass is 439 g/mol. The highest BCUT2D eigenvalue weighted by Gasteiger charge is 2.33. The summed E-state index contributed by atoms with van der Waals surface area (Å²) in [4.78, 5) is 12.8. The highest BCUT2D eigenvalue weighted by Crippen LogP contribution is 2.41. The SMILES string of the molecule is CCCNC1CCC(c2ccc(OC(=O)C3CCC(C4CCC(C)CC4)CC3)cc2)CC1. The van der Waals surface area contributed by atoms with Gasteiger partial charge in [0, 0.05) is 6.04 Å². The molecule has 1 aromatic carbocycles. The lowest BCUT2D eigenvalue weighted by Gasteiger charge is -2.36. The Kier molecular flexibility index (Phi) is 8.68. The number of esters is 1. The predicted molar refractivity (Wildman–Crippen MR) is 132 cm³/mol. The molecule has 4 rings (SSSR count). The average Bonchev–Trinajstić information content (AvgIpc) is 2.84. The number of carbonyl (C=O) groups excluding carboxylic acids is 1. The fourth-order valence-corrected chi connectivity index (χ4v) is 6.57. The Morgan fingerprint density at radius 2 is 1.44 bits per heavy atom. The van der Waals surface area contributed by atoms with E-state index >= 15 is 0 Å². The molecule has 0 spiro atoms. The van der Waals surface area contributed by atoms with E-state index in [-0.39, 0.29) is 11.9 Å². The van der Waals surface area contributed by atoms with E-state index < -0.39 is 0 Å². The first-order chi connectivity index (χ1) is 15.6. The highest BCUT2D eigenvalue weighted by atomic mass is 16.5. The Morgan fingerprint density at radius 3 is 2.03 bits per heavy atom. The Bertz CT molecular complexity index is 690. The molecule has 0 atom stereocenters. The molecule has 3 aliphatic carbocycles. The summed E-state index contributed by atoms with van der Waals surface area (Å²) in [6.07, 6.45) is 16.3. The molecule has 0 heterocycles. The van der Waals surface area contributed by atoms with Gasteiger partial charge in [-0.05, 0) is 119 Å². The third kappa shape index (κ3) is 6.37. The van der Waals surface area contributed by atoms with Gasteiger partial charge in [0.1, 0.15) is 5.75 Å². The van der Waals surface area contributed by atoms with Gasteiger partial charge in [0.05, 0.1) is 5.92 Å². The molecule has 178 valence electrons. The quantitative estimate of drug-likeness (QED) is 0.359. The van der Waals surface area contributed by atoms with Crippen LogP contribution in [0.15, 0.2) is 24.3 Å². The molecule has 3 heteroatoms. The van der Waals surface area contributed by atoms with Crippen LogP contribution >= 0.6 is 0 Å². The topological polar surface area (TPSA) is 38.3 Å². The van der Waals surface area contributed by atoms with E-state index in [1.807, 2.05) is 12.1 Å². The van der Waals surface area contributed by atoms with Gasteiger partial charge >= 0.3 is 5.97 Å². The zero-order valence-electron chi connectivity index (χ0n) is 20.5. The molecular formula is C29H45NO2. The Morgan fingerprint density at radius 1 is 0.844 bits per heavy atom. The zero-order chi connectivity index (χ0) is 22.3. The van der Waals surface area contributed by atoms with Crippen molar-refractivity contribution in [3.63, 3.8) is 0 Å². The van der Waals surface area contributed by atoms with Crippen LogP contribution in [0.5, 0.6) is 5.75 Å². The van der Waals surface area contributed by atoms with E-state index in [0.717, 1.165) is 42.9 Å². The van der Waals surface area contributed by atoms with Crippen LogP contribution in [0.2, 0.25) is 0 Å². The Balaban J connectivity index is 1.20. The summed E-state index contributed by atoms with van der Waals surface area (Å²) in [6, 6.07) is 9.11. The number of hydrogen-bond donors (Lipinski definition) is 1. The second-order valence-corrected chi connectivity index (χ2v) is 11.1. The maximum atomic E-state index is 12.8. The van der Waals surface area contributed by atoms with Gasteiger partial charge in [0.15, 0.2) is 0 Å². The molecule has 0 bridgehead atoms. The van der Waals surface area contributed by atoms with Gasteiger partial charge in [-0.25, -0.2) is 0 Å². The van der Waals surface area contributed by atoms with Crippen LogP contribution < -0.4 is 10.1 Å². The van der Waals surface area contributed by atoms with Crippen LogP contribution in [-0.4, -0.2) is 18.6 Å². The number of rotatable bonds is 7. The van der Waals surface area contributed by atoms with E-state index in [4.69, 9.17) is 4.74 Å². The van der Waals surface area contributed by atoms with Crippen molar-refractivity contribution in [3.8, 4) is 5.75 Å². The van der Waals surface area contributed by atoms with E-state index in [1.54, 1.807) is 0 Å². The summed E-state index contributed by atoms with van der Waals surface area (Å²) >= 11 is 0. The van der Waals surface area contributed by atoms with Gasteiger partial charge < -0.3 is 10.1 Å². The molecule has 1 N–H and O–H groups in total. The first kappa shape index (κ1) is 23.8. The molecule has 0 radical (unpaired) electrons. The summed E-state index contributed by atoms with van der Waals surface area (Å²) < 4.78 is 5.80. The van der Waals surface area contributed by atoms with Crippen molar-refractivity contribution in [2.24, 2.45) is 23.7 Å².